The van der Waals surface area contributed by atoms with Crippen molar-refractivity contribution in [1.29, 1.82) is 0 Å². The monoisotopic (exact) mass is 257 g/mol. The maximum Gasteiger partial charge on any atom is 0.269 e. The number of amides is 1. The molecule has 0 unspecified atom stereocenters. The summed E-state index contributed by atoms with van der Waals surface area (Å²) in [5, 5.41) is 13.1. The third-order valence-corrected chi connectivity index (χ3v) is 2.51. The van der Waals surface area contributed by atoms with Crippen molar-refractivity contribution >= 4 is 17.3 Å². The molecule has 2 rings (SSSR count). The first-order chi connectivity index (χ1) is 9.06. The van der Waals surface area contributed by atoms with E-state index >= 15 is 0 Å². The van der Waals surface area contributed by atoms with Gasteiger partial charge in [0.1, 0.15) is 0 Å². The Balaban J connectivity index is 2.10. The smallest absolute Gasteiger partial charge is 0.269 e. The van der Waals surface area contributed by atoms with Gasteiger partial charge >= 0.3 is 0 Å². The number of non-ortho nitro benzene ring substituents is 1. The van der Waals surface area contributed by atoms with Crippen molar-refractivity contribution in [2.24, 2.45) is 0 Å². The molecule has 96 valence electrons. The van der Waals surface area contributed by atoms with Crippen LogP contribution in [-0.2, 0) is 0 Å². The second-order valence-electron chi connectivity index (χ2n) is 3.95. The molecule has 1 aromatic carbocycles. The molecule has 19 heavy (non-hydrogen) atoms. The minimum Gasteiger partial charge on any atom is -0.322 e. The summed E-state index contributed by atoms with van der Waals surface area (Å²) < 4.78 is 0. The molecule has 0 radical (unpaired) electrons. The molecule has 1 heterocycles. The molecular formula is C13H11N3O3. The van der Waals surface area contributed by atoms with Crippen LogP contribution in [0.1, 0.15) is 16.1 Å². The van der Waals surface area contributed by atoms with Gasteiger partial charge in [0.2, 0.25) is 0 Å². The van der Waals surface area contributed by atoms with Crippen LogP contribution in [0, 0.1) is 17.0 Å². The third-order valence-electron chi connectivity index (χ3n) is 2.51. The number of carbonyl (C=O) groups excluding carboxylic acids is 1. The van der Waals surface area contributed by atoms with E-state index in [-0.39, 0.29) is 11.6 Å². The van der Waals surface area contributed by atoms with Crippen molar-refractivity contribution in [3.8, 4) is 0 Å². The number of nitrogens with one attached hydrogen (secondary N) is 1. The molecule has 0 spiro atoms. The summed E-state index contributed by atoms with van der Waals surface area (Å²) in [6.07, 6.45) is 1.48. The largest absolute Gasteiger partial charge is 0.322 e. The lowest BCUT2D eigenvalue weighted by Gasteiger charge is -2.04. The zero-order chi connectivity index (χ0) is 13.8. The molecule has 0 atom stereocenters. The Morgan fingerprint density at radius 3 is 2.42 bits per heavy atom. The van der Waals surface area contributed by atoms with Crippen LogP contribution in [0.3, 0.4) is 0 Å². The fourth-order valence-electron chi connectivity index (χ4n) is 1.47. The first-order valence-corrected chi connectivity index (χ1v) is 5.55. The van der Waals surface area contributed by atoms with Gasteiger partial charge in [0, 0.05) is 29.7 Å². The number of anilines is 1. The number of pyridine rings is 1. The van der Waals surface area contributed by atoms with E-state index in [4.69, 9.17) is 0 Å². The van der Waals surface area contributed by atoms with Gasteiger partial charge in [-0.3, -0.25) is 19.9 Å². The average Bonchev–Trinajstić information content (AvgIpc) is 2.40. The van der Waals surface area contributed by atoms with E-state index in [0.717, 1.165) is 5.69 Å². The number of aromatic nitrogens is 1. The SMILES string of the molecule is Cc1ccc(C(=O)Nc2ccc([N+](=O)[O-])cc2)cn1. The van der Waals surface area contributed by atoms with Gasteiger partial charge < -0.3 is 5.32 Å². The van der Waals surface area contributed by atoms with E-state index in [9.17, 15) is 14.9 Å². The summed E-state index contributed by atoms with van der Waals surface area (Å²) in [5.41, 5.74) is 1.74. The number of aryl methyl sites for hydroxylation is 1. The summed E-state index contributed by atoms with van der Waals surface area (Å²) in [5.74, 6) is -0.304. The summed E-state index contributed by atoms with van der Waals surface area (Å²) in [4.78, 5) is 25.9. The highest BCUT2D eigenvalue weighted by atomic mass is 16.6. The molecule has 1 amide bonds. The predicted octanol–water partition coefficient (Wildman–Crippen LogP) is 2.55. The molecule has 0 bridgehead atoms. The number of carbonyl (C=O) groups is 1. The van der Waals surface area contributed by atoms with Gasteiger partial charge in [0.05, 0.1) is 10.5 Å². The van der Waals surface area contributed by atoms with Gasteiger partial charge in [-0.1, -0.05) is 0 Å². The lowest BCUT2D eigenvalue weighted by molar-refractivity contribution is -0.384. The molecule has 0 saturated heterocycles. The van der Waals surface area contributed by atoms with Crippen molar-refractivity contribution in [3.63, 3.8) is 0 Å². The van der Waals surface area contributed by atoms with Crippen LogP contribution in [0.25, 0.3) is 0 Å². The molecule has 1 N–H and O–H groups in total. The first kappa shape index (κ1) is 12.7. The number of nitrogens with zero attached hydrogens (tertiary/aromatic N) is 2. The minimum absolute atomic E-state index is 0.0185. The van der Waals surface area contributed by atoms with Crippen LogP contribution in [-0.4, -0.2) is 15.8 Å². The van der Waals surface area contributed by atoms with E-state index in [1.165, 1.54) is 30.5 Å². The quantitative estimate of drug-likeness (QED) is 0.676. The zero-order valence-electron chi connectivity index (χ0n) is 10.2. The van der Waals surface area contributed by atoms with Crippen molar-refractivity contribution in [1.82, 2.24) is 4.98 Å². The molecular weight excluding hydrogens is 246 g/mol. The lowest BCUT2D eigenvalue weighted by Crippen LogP contribution is -2.12. The normalized spacial score (nSPS) is 9.95. The van der Waals surface area contributed by atoms with Crippen LogP contribution in [0.5, 0.6) is 0 Å². The minimum atomic E-state index is -0.491. The topological polar surface area (TPSA) is 85.1 Å². The number of benzene rings is 1. The van der Waals surface area contributed by atoms with Crippen molar-refractivity contribution in [2.75, 3.05) is 5.32 Å². The Bertz CT molecular complexity index is 606. The first-order valence-electron chi connectivity index (χ1n) is 5.55. The van der Waals surface area contributed by atoms with E-state index in [2.05, 4.69) is 10.3 Å². The van der Waals surface area contributed by atoms with Crippen molar-refractivity contribution in [3.05, 3.63) is 64.0 Å². The zero-order valence-corrected chi connectivity index (χ0v) is 10.2. The molecule has 6 nitrogen and oxygen atoms in total. The fraction of sp³-hybridized carbons (Fsp3) is 0.0769. The average molecular weight is 257 g/mol. The standard InChI is InChI=1S/C13H11N3O3/c1-9-2-3-10(8-14-9)13(17)15-11-4-6-12(7-5-11)16(18)19/h2-8H,1H3,(H,15,17). The van der Waals surface area contributed by atoms with Gasteiger partial charge in [0.15, 0.2) is 0 Å². The predicted molar refractivity (Wildman–Crippen MR) is 70.0 cm³/mol. The molecule has 0 saturated carbocycles. The summed E-state index contributed by atoms with van der Waals surface area (Å²) >= 11 is 0. The van der Waals surface area contributed by atoms with E-state index < -0.39 is 4.92 Å². The number of rotatable bonds is 3. The number of nitro groups is 1. The molecule has 2 aromatic rings. The molecule has 1 aromatic heterocycles. The highest BCUT2D eigenvalue weighted by molar-refractivity contribution is 6.04. The molecule has 0 aliphatic heterocycles. The Morgan fingerprint density at radius 2 is 1.89 bits per heavy atom. The van der Waals surface area contributed by atoms with Crippen molar-refractivity contribution < 1.29 is 9.72 Å². The Morgan fingerprint density at radius 1 is 1.21 bits per heavy atom. The van der Waals surface area contributed by atoms with Gasteiger partial charge in [-0.05, 0) is 31.2 Å². The number of hydrogen-bond acceptors (Lipinski definition) is 4. The van der Waals surface area contributed by atoms with Crippen molar-refractivity contribution in [2.45, 2.75) is 6.92 Å². The van der Waals surface area contributed by atoms with Crippen LogP contribution in [0.15, 0.2) is 42.6 Å². The maximum atomic E-state index is 11.9. The summed E-state index contributed by atoms with van der Waals surface area (Å²) in [7, 11) is 0. The number of hydrogen-bond donors (Lipinski definition) is 1. The van der Waals surface area contributed by atoms with Crippen LogP contribution >= 0.6 is 0 Å². The summed E-state index contributed by atoms with van der Waals surface area (Å²) in [6, 6.07) is 9.05. The van der Waals surface area contributed by atoms with E-state index in [0.29, 0.717) is 11.3 Å². The highest BCUT2D eigenvalue weighted by Crippen LogP contribution is 2.16. The second kappa shape index (κ2) is 5.26. The third kappa shape index (κ3) is 3.12. The maximum absolute atomic E-state index is 11.9. The Kier molecular flexibility index (Phi) is 3.51. The van der Waals surface area contributed by atoms with Crippen LogP contribution in [0.4, 0.5) is 11.4 Å². The molecule has 0 fully saturated rings. The Labute approximate surface area is 109 Å². The highest BCUT2D eigenvalue weighted by Gasteiger charge is 2.08. The van der Waals surface area contributed by atoms with Crippen LogP contribution in [0.2, 0.25) is 0 Å². The van der Waals surface area contributed by atoms with E-state index in [1.54, 1.807) is 12.1 Å². The molecule has 0 aliphatic rings. The molecule has 0 aliphatic carbocycles. The second-order valence-corrected chi connectivity index (χ2v) is 3.95. The van der Waals surface area contributed by atoms with E-state index in [1.807, 2.05) is 6.92 Å². The number of nitro benzene ring substituents is 1. The summed E-state index contributed by atoms with van der Waals surface area (Å²) in [6.45, 7) is 1.83. The molecule has 6 heteroatoms. The van der Waals surface area contributed by atoms with Gasteiger partial charge in [0.25, 0.3) is 11.6 Å². The fourth-order valence-corrected chi connectivity index (χ4v) is 1.47. The lowest BCUT2D eigenvalue weighted by atomic mass is 10.2. The van der Waals surface area contributed by atoms with Gasteiger partial charge in [-0.25, -0.2) is 0 Å². The Hall–Kier alpha value is -2.76. The van der Waals surface area contributed by atoms with Gasteiger partial charge in [-0.2, -0.15) is 0 Å². The van der Waals surface area contributed by atoms with Crippen LogP contribution < -0.4 is 5.32 Å². The van der Waals surface area contributed by atoms with Gasteiger partial charge in [-0.15, -0.1) is 0 Å².